The van der Waals surface area contributed by atoms with E-state index in [0.29, 0.717) is 12.3 Å². The number of methoxy groups -OCH3 is 2. The molecule has 2 aromatic rings. The molecular formula is C14H19N3O2. The fraction of sp³-hybridized carbons (Fsp3) is 0.357. The van der Waals surface area contributed by atoms with Crippen LogP contribution in [0.4, 0.5) is 0 Å². The Balaban J connectivity index is 2.58. The molecule has 3 N–H and O–H groups in total. The van der Waals surface area contributed by atoms with Crippen LogP contribution in [0.25, 0.3) is 11.3 Å². The first kappa shape index (κ1) is 13.4. The van der Waals surface area contributed by atoms with Gasteiger partial charge in [0.15, 0.2) is 11.5 Å². The van der Waals surface area contributed by atoms with Crippen molar-refractivity contribution in [1.82, 2.24) is 9.97 Å². The van der Waals surface area contributed by atoms with Crippen LogP contribution >= 0.6 is 0 Å². The van der Waals surface area contributed by atoms with Gasteiger partial charge in [0.25, 0.3) is 0 Å². The van der Waals surface area contributed by atoms with E-state index in [0.717, 1.165) is 34.1 Å². The van der Waals surface area contributed by atoms with Crippen molar-refractivity contribution in [2.24, 2.45) is 5.73 Å². The van der Waals surface area contributed by atoms with E-state index in [9.17, 15) is 0 Å². The first-order valence-electron chi connectivity index (χ1n) is 6.09. The van der Waals surface area contributed by atoms with Crippen molar-refractivity contribution >= 4 is 0 Å². The van der Waals surface area contributed by atoms with Gasteiger partial charge in [-0.3, -0.25) is 0 Å². The maximum absolute atomic E-state index is 5.61. The third-order valence-electron chi connectivity index (χ3n) is 3.11. The van der Waals surface area contributed by atoms with Gasteiger partial charge in [0.05, 0.1) is 26.5 Å². The summed E-state index contributed by atoms with van der Waals surface area (Å²) in [5.74, 6) is 2.19. The highest BCUT2D eigenvalue weighted by atomic mass is 16.5. The predicted molar refractivity (Wildman–Crippen MR) is 74.5 cm³/mol. The zero-order chi connectivity index (χ0) is 14.0. The molecule has 0 unspecified atom stereocenters. The Morgan fingerprint density at radius 3 is 2.32 bits per heavy atom. The number of aromatic nitrogens is 2. The average Bonchev–Trinajstić information content (AvgIpc) is 2.79. The van der Waals surface area contributed by atoms with Crippen molar-refractivity contribution in [3.63, 3.8) is 0 Å². The van der Waals surface area contributed by atoms with Crippen LogP contribution in [0.15, 0.2) is 12.1 Å². The normalized spacial score (nSPS) is 10.6. The van der Waals surface area contributed by atoms with Crippen molar-refractivity contribution in [3.05, 3.63) is 29.2 Å². The summed E-state index contributed by atoms with van der Waals surface area (Å²) in [6, 6.07) is 3.89. The molecule has 0 bridgehead atoms. The van der Waals surface area contributed by atoms with Crippen molar-refractivity contribution in [3.8, 4) is 22.8 Å². The Labute approximate surface area is 112 Å². The van der Waals surface area contributed by atoms with Crippen LogP contribution in [0, 0.1) is 13.8 Å². The van der Waals surface area contributed by atoms with Gasteiger partial charge in [-0.2, -0.15) is 0 Å². The van der Waals surface area contributed by atoms with Crippen LogP contribution in [0.3, 0.4) is 0 Å². The summed E-state index contributed by atoms with van der Waals surface area (Å²) in [6.45, 7) is 4.40. The van der Waals surface area contributed by atoms with E-state index in [2.05, 4.69) is 9.97 Å². The topological polar surface area (TPSA) is 73.2 Å². The number of H-pyrrole nitrogens is 1. The second kappa shape index (κ2) is 5.32. The lowest BCUT2D eigenvalue weighted by Crippen LogP contribution is -1.98. The summed E-state index contributed by atoms with van der Waals surface area (Å²) in [5.41, 5.74) is 9.61. The molecule has 102 valence electrons. The molecule has 5 heteroatoms. The zero-order valence-corrected chi connectivity index (χ0v) is 11.7. The first-order chi connectivity index (χ1) is 9.10. The largest absolute Gasteiger partial charge is 0.493 e. The van der Waals surface area contributed by atoms with Crippen LogP contribution in [0.5, 0.6) is 11.5 Å². The van der Waals surface area contributed by atoms with Crippen LogP contribution in [-0.2, 0) is 6.54 Å². The Morgan fingerprint density at radius 2 is 1.79 bits per heavy atom. The second-order valence-electron chi connectivity index (χ2n) is 4.38. The molecule has 1 aromatic heterocycles. The minimum atomic E-state index is 0.396. The predicted octanol–water partition coefficient (Wildman–Crippen LogP) is 2.17. The van der Waals surface area contributed by atoms with Gasteiger partial charge in [-0.25, -0.2) is 4.98 Å². The molecule has 2 rings (SSSR count). The van der Waals surface area contributed by atoms with E-state index in [1.807, 2.05) is 26.0 Å². The monoisotopic (exact) mass is 261 g/mol. The third-order valence-corrected chi connectivity index (χ3v) is 3.11. The van der Waals surface area contributed by atoms with Gasteiger partial charge in [-0.05, 0) is 31.5 Å². The highest BCUT2D eigenvalue weighted by Gasteiger charge is 2.14. The molecule has 0 aliphatic rings. The third kappa shape index (κ3) is 2.42. The Bertz CT molecular complexity index is 591. The van der Waals surface area contributed by atoms with Crippen LogP contribution in [0.2, 0.25) is 0 Å². The highest BCUT2D eigenvalue weighted by Crippen LogP contribution is 2.35. The zero-order valence-electron chi connectivity index (χ0n) is 11.7. The number of ether oxygens (including phenoxy) is 2. The van der Waals surface area contributed by atoms with Gasteiger partial charge in [-0.15, -0.1) is 0 Å². The molecule has 0 saturated heterocycles. The number of hydrogen-bond donors (Lipinski definition) is 2. The number of nitrogens with one attached hydrogen (secondary N) is 1. The van der Waals surface area contributed by atoms with E-state index in [-0.39, 0.29) is 0 Å². The molecule has 0 amide bonds. The summed E-state index contributed by atoms with van der Waals surface area (Å²) < 4.78 is 10.6. The van der Waals surface area contributed by atoms with E-state index in [1.54, 1.807) is 14.2 Å². The molecule has 0 aliphatic heterocycles. The Kier molecular flexibility index (Phi) is 3.76. The quantitative estimate of drug-likeness (QED) is 0.884. The molecule has 5 nitrogen and oxygen atoms in total. The molecule has 1 aromatic carbocycles. The fourth-order valence-electron chi connectivity index (χ4n) is 2.12. The number of imidazole rings is 1. The highest BCUT2D eigenvalue weighted by molar-refractivity contribution is 5.70. The number of nitrogens with two attached hydrogens (primary N) is 1. The number of benzene rings is 1. The summed E-state index contributed by atoms with van der Waals surface area (Å²) in [5, 5.41) is 0. The van der Waals surface area contributed by atoms with Crippen LogP contribution < -0.4 is 15.2 Å². The lowest BCUT2D eigenvalue weighted by molar-refractivity contribution is 0.355. The number of aryl methyl sites for hydroxylation is 2. The van der Waals surface area contributed by atoms with Gasteiger partial charge >= 0.3 is 0 Å². The van der Waals surface area contributed by atoms with Gasteiger partial charge in [-0.1, -0.05) is 0 Å². The minimum Gasteiger partial charge on any atom is -0.493 e. The maximum Gasteiger partial charge on any atom is 0.161 e. The van der Waals surface area contributed by atoms with Crippen molar-refractivity contribution in [2.45, 2.75) is 20.4 Å². The Hall–Kier alpha value is -2.01. The van der Waals surface area contributed by atoms with Crippen LogP contribution in [-0.4, -0.2) is 24.2 Å². The fourth-order valence-corrected chi connectivity index (χ4v) is 2.12. The molecule has 0 radical (unpaired) electrons. The molecule has 19 heavy (non-hydrogen) atoms. The van der Waals surface area contributed by atoms with Gasteiger partial charge in [0.2, 0.25) is 0 Å². The van der Waals surface area contributed by atoms with Crippen LogP contribution in [0.1, 0.15) is 17.1 Å². The van der Waals surface area contributed by atoms with E-state index in [1.165, 1.54) is 0 Å². The molecule has 0 spiro atoms. The number of aromatic amines is 1. The summed E-state index contributed by atoms with van der Waals surface area (Å²) >= 11 is 0. The second-order valence-corrected chi connectivity index (χ2v) is 4.38. The number of nitrogens with zero attached hydrogens (tertiary/aromatic N) is 1. The SMILES string of the molecule is COc1cc(C)c(-c2nc(CN)[nH]c2C)cc1OC. The lowest BCUT2D eigenvalue weighted by Gasteiger charge is -2.12. The van der Waals surface area contributed by atoms with Crippen molar-refractivity contribution in [2.75, 3.05) is 14.2 Å². The van der Waals surface area contributed by atoms with E-state index < -0.39 is 0 Å². The van der Waals surface area contributed by atoms with E-state index in [4.69, 9.17) is 15.2 Å². The molecular weight excluding hydrogens is 242 g/mol. The van der Waals surface area contributed by atoms with Gasteiger partial charge < -0.3 is 20.2 Å². The number of rotatable bonds is 4. The minimum absolute atomic E-state index is 0.396. The molecule has 1 heterocycles. The van der Waals surface area contributed by atoms with Crippen molar-refractivity contribution in [1.29, 1.82) is 0 Å². The standard InChI is InChI=1S/C14H19N3O2/c1-8-5-11(18-3)12(19-4)6-10(8)14-9(2)16-13(7-15)17-14/h5-6H,7,15H2,1-4H3,(H,16,17). The molecule has 0 atom stereocenters. The molecule has 0 aliphatic carbocycles. The maximum atomic E-state index is 5.61. The van der Waals surface area contributed by atoms with Crippen molar-refractivity contribution < 1.29 is 9.47 Å². The average molecular weight is 261 g/mol. The van der Waals surface area contributed by atoms with E-state index >= 15 is 0 Å². The number of hydrogen-bond acceptors (Lipinski definition) is 4. The molecule has 0 saturated carbocycles. The Morgan fingerprint density at radius 1 is 1.16 bits per heavy atom. The molecule has 0 fully saturated rings. The summed E-state index contributed by atoms with van der Waals surface area (Å²) in [4.78, 5) is 7.69. The summed E-state index contributed by atoms with van der Waals surface area (Å²) in [7, 11) is 3.25. The lowest BCUT2D eigenvalue weighted by atomic mass is 10.0. The first-order valence-corrected chi connectivity index (χ1v) is 6.09. The smallest absolute Gasteiger partial charge is 0.161 e. The van der Waals surface area contributed by atoms with Gasteiger partial charge in [0, 0.05) is 11.3 Å². The summed E-state index contributed by atoms with van der Waals surface area (Å²) in [6.07, 6.45) is 0. The van der Waals surface area contributed by atoms with Gasteiger partial charge in [0.1, 0.15) is 5.82 Å².